The van der Waals surface area contributed by atoms with Gasteiger partial charge in [-0.1, -0.05) is 53.0 Å². The minimum Gasteiger partial charge on any atom is -0.346 e. The van der Waals surface area contributed by atoms with Gasteiger partial charge in [0, 0.05) is 16.7 Å². The Morgan fingerprint density at radius 2 is 1.67 bits per heavy atom. The van der Waals surface area contributed by atoms with Crippen molar-refractivity contribution in [1.82, 2.24) is 4.90 Å². The molecule has 0 spiro atoms. The molecule has 18 heavy (non-hydrogen) atoms. The topological polar surface area (TPSA) is 3.24 Å². The summed E-state index contributed by atoms with van der Waals surface area (Å²) < 4.78 is 0. The fourth-order valence-corrected chi connectivity index (χ4v) is 2.00. The molecule has 0 saturated carbocycles. The summed E-state index contributed by atoms with van der Waals surface area (Å²) in [5, 5.41) is 0. The molecule has 0 saturated heterocycles. The molecular formula is C17H31N. The van der Waals surface area contributed by atoms with E-state index in [2.05, 4.69) is 73.1 Å². The largest absolute Gasteiger partial charge is 0.346 e. The number of nitrogens with zero attached hydrogens (tertiary/aromatic N) is 1. The van der Waals surface area contributed by atoms with Crippen LogP contribution in [0.3, 0.4) is 0 Å². The van der Waals surface area contributed by atoms with E-state index in [0.717, 1.165) is 12.1 Å². The molecule has 0 rings (SSSR count). The molecule has 0 aliphatic rings. The first-order chi connectivity index (χ1) is 8.03. The Labute approximate surface area is 114 Å². The molecule has 104 valence electrons. The van der Waals surface area contributed by atoms with Crippen LogP contribution in [0.15, 0.2) is 37.2 Å². The molecule has 0 aromatic rings. The quantitative estimate of drug-likeness (QED) is 0.548. The maximum atomic E-state index is 4.26. The molecule has 0 fully saturated rings. The lowest BCUT2D eigenvalue weighted by Gasteiger charge is -2.51. The van der Waals surface area contributed by atoms with Crippen LogP contribution >= 0.6 is 0 Å². The van der Waals surface area contributed by atoms with Crippen molar-refractivity contribution >= 4 is 0 Å². The minimum atomic E-state index is -0.0961. The first kappa shape index (κ1) is 17.0. The average Bonchev–Trinajstić information content (AvgIpc) is 2.27. The van der Waals surface area contributed by atoms with Crippen molar-refractivity contribution < 1.29 is 0 Å². The number of rotatable bonds is 7. The van der Waals surface area contributed by atoms with E-state index < -0.39 is 0 Å². The van der Waals surface area contributed by atoms with Crippen LogP contribution < -0.4 is 0 Å². The highest BCUT2D eigenvalue weighted by Gasteiger charge is 2.42. The summed E-state index contributed by atoms with van der Waals surface area (Å²) in [7, 11) is 0. The van der Waals surface area contributed by atoms with Gasteiger partial charge in [0.25, 0.3) is 0 Å². The van der Waals surface area contributed by atoms with Crippen LogP contribution in [0.2, 0.25) is 0 Å². The Morgan fingerprint density at radius 3 is 1.94 bits per heavy atom. The molecule has 1 heteroatoms. The van der Waals surface area contributed by atoms with Crippen molar-refractivity contribution in [3.05, 3.63) is 37.2 Å². The van der Waals surface area contributed by atoms with E-state index in [1.807, 2.05) is 6.20 Å². The zero-order chi connectivity index (χ0) is 14.7. The fraction of sp³-hybridized carbons (Fsp3) is 0.647. The van der Waals surface area contributed by atoms with Gasteiger partial charge in [-0.25, -0.2) is 0 Å². The van der Waals surface area contributed by atoms with Crippen LogP contribution in [0.25, 0.3) is 0 Å². The van der Waals surface area contributed by atoms with Gasteiger partial charge in [-0.15, -0.1) is 0 Å². The van der Waals surface area contributed by atoms with Gasteiger partial charge in [0.1, 0.15) is 0 Å². The van der Waals surface area contributed by atoms with E-state index in [0.29, 0.717) is 5.92 Å². The van der Waals surface area contributed by atoms with Gasteiger partial charge in [-0.2, -0.15) is 0 Å². The van der Waals surface area contributed by atoms with Gasteiger partial charge in [0.15, 0.2) is 0 Å². The molecule has 0 aromatic heterocycles. The lowest BCUT2D eigenvalue weighted by Crippen LogP contribution is -2.52. The SMILES string of the molecule is C=CN(C(=C)C(C)CC)C(C)(C)C(C)(C)C(=C)C. The Bertz CT molecular complexity index is 334. The van der Waals surface area contributed by atoms with E-state index in [1.165, 1.54) is 5.57 Å². The Hall–Kier alpha value is -0.980. The molecule has 0 aromatic carbocycles. The first-order valence-corrected chi connectivity index (χ1v) is 6.80. The van der Waals surface area contributed by atoms with Gasteiger partial charge in [0.05, 0.1) is 0 Å². The van der Waals surface area contributed by atoms with E-state index in [-0.39, 0.29) is 11.0 Å². The highest BCUT2D eigenvalue weighted by atomic mass is 15.2. The van der Waals surface area contributed by atoms with Crippen LogP contribution in [0.5, 0.6) is 0 Å². The minimum absolute atomic E-state index is 0.0163. The zero-order valence-corrected chi connectivity index (χ0v) is 13.4. The molecule has 0 heterocycles. The Morgan fingerprint density at radius 1 is 1.22 bits per heavy atom. The number of hydrogen-bond donors (Lipinski definition) is 0. The Kier molecular flexibility index (Phi) is 5.46. The number of allylic oxidation sites excluding steroid dienone is 1. The second-order valence-corrected chi connectivity index (χ2v) is 6.32. The molecule has 0 aliphatic carbocycles. The van der Waals surface area contributed by atoms with E-state index >= 15 is 0 Å². The molecule has 1 nitrogen and oxygen atoms in total. The summed E-state index contributed by atoms with van der Waals surface area (Å²) in [5.41, 5.74) is 2.20. The van der Waals surface area contributed by atoms with Crippen LogP contribution in [0, 0.1) is 11.3 Å². The monoisotopic (exact) mass is 249 g/mol. The van der Waals surface area contributed by atoms with Crippen molar-refractivity contribution in [2.24, 2.45) is 11.3 Å². The van der Waals surface area contributed by atoms with Crippen molar-refractivity contribution in [2.75, 3.05) is 0 Å². The summed E-state index contributed by atoms with van der Waals surface area (Å²) in [6.07, 6.45) is 2.99. The fourth-order valence-electron chi connectivity index (χ4n) is 2.00. The lowest BCUT2D eigenvalue weighted by atomic mass is 9.69. The zero-order valence-electron chi connectivity index (χ0n) is 13.4. The van der Waals surface area contributed by atoms with Crippen molar-refractivity contribution in [3.63, 3.8) is 0 Å². The van der Waals surface area contributed by atoms with E-state index in [4.69, 9.17) is 0 Å². The van der Waals surface area contributed by atoms with Crippen LogP contribution in [0.4, 0.5) is 0 Å². The average molecular weight is 249 g/mol. The molecule has 0 radical (unpaired) electrons. The summed E-state index contributed by atoms with van der Waals surface area (Å²) in [4.78, 5) is 2.22. The molecule has 0 aliphatic heterocycles. The first-order valence-electron chi connectivity index (χ1n) is 6.80. The van der Waals surface area contributed by atoms with Gasteiger partial charge in [0.2, 0.25) is 0 Å². The predicted octanol–water partition coefficient (Wildman–Crippen LogP) is 5.37. The van der Waals surface area contributed by atoms with Gasteiger partial charge in [-0.3, -0.25) is 0 Å². The highest BCUT2D eigenvalue weighted by molar-refractivity contribution is 5.19. The normalized spacial score (nSPS) is 13.9. The molecule has 0 amide bonds. The number of hydrogen-bond acceptors (Lipinski definition) is 1. The van der Waals surface area contributed by atoms with Gasteiger partial charge >= 0.3 is 0 Å². The highest BCUT2D eigenvalue weighted by Crippen LogP contribution is 2.43. The van der Waals surface area contributed by atoms with E-state index in [9.17, 15) is 0 Å². The van der Waals surface area contributed by atoms with Gasteiger partial charge < -0.3 is 4.90 Å². The summed E-state index contributed by atoms with van der Waals surface area (Å²) >= 11 is 0. The van der Waals surface area contributed by atoms with Crippen LogP contribution in [-0.2, 0) is 0 Å². The summed E-state index contributed by atoms with van der Waals surface area (Å²) in [6, 6.07) is 0. The van der Waals surface area contributed by atoms with Gasteiger partial charge in [-0.05, 0) is 39.3 Å². The maximum absolute atomic E-state index is 4.26. The molecule has 1 atom stereocenters. The third kappa shape index (κ3) is 2.88. The molecular weight excluding hydrogens is 218 g/mol. The second kappa shape index (κ2) is 5.77. The Balaban J connectivity index is 5.48. The third-order valence-corrected chi connectivity index (χ3v) is 4.87. The van der Waals surface area contributed by atoms with Crippen molar-refractivity contribution in [3.8, 4) is 0 Å². The summed E-state index contributed by atoms with van der Waals surface area (Å²) in [5.74, 6) is 0.461. The predicted molar refractivity (Wildman–Crippen MR) is 83.3 cm³/mol. The maximum Gasteiger partial charge on any atom is 0.0473 e. The van der Waals surface area contributed by atoms with Crippen molar-refractivity contribution in [2.45, 2.75) is 60.4 Å². The van der Waals surface area contributed by atoms with Crippen LogP contribution in [-0.4, -0.2) is 10.4 Å². The van der Waals surface area contributed by atoms with Crippen LogP contribution in [0.1, 0.15) is 54.9 Å². The lowest BCUT2D eigenvalue weighted by molar-refractivity contribution is 0.0932. The third-order valence-electron chi connectivity index (χ3n) is 4.87. The van der Waals surface area contributed by atoms with Crippen molar-refractivity contribution in [1.29, 1.82) is 0 Å². The van der Waals surface area contributed by atoms with E-state index in [1.54, 1.807) is 0 Å². The molecule has 0 N–H and O–H groups in total. The molecule has 0 bridgehead atoms. The smallest absolute Gasteiger partial charge is 0.0473 e. The molecule has 1 unspecified atom stereocenters. The standard InChI is InChI=1S/C17H31N/c1-11-14(5)15(6)18(12-2)17(9,10)16(7,8)13(3)4/h12,14H,2-3,6,11H2,1,4-5,7-10H3. The second-order valence-electron chi connectivity index (χ2n) is 6.32. The summed E-state index contributed by atoms with van der Waals surface area (Å²) in [6.45, 7) is 27.8.